The van der Waals surface area contributed by atoms with Crippen molar-refractivity contribution in [3.05, 3.63) is 29.6 Å². The van der Waals surface area contributed by atoms with Gasteiger partial charge in [0.1, 0.15) is 5.82 Å². The van der Waals surface area contributed by atoms with Crippen LogP contribution in [0.15, 0.2) is 18.2 Å². The number of hydrogen-bond acceptors (Lipinski definition) is 3. The average molecular weight is 280 g/mol. The number of anilines is 1. The summed E-state index contributed by atoms with van der Waals surface area (Å²) in [4.78, 5) is 2.31. The fraction of sp³-hybridized carbons (Fsp3) is 0.625. The minimum Gasteiger partial charge on any atom is -0.384 e. The molecule has 0 amide bonds. The van der Waals surface area contributed by atoms with E-state index in [1.807, 2.05) is 13.0 Å². The van der Waals surface area contributed by atoms with Crippen molar-refractivity contribution in [1.29, 1.82) is 0 Å². The van der Waals surface area contributed by atoms with Gasteiger partial charge in [0, 0.05) is 38.0 Å². The third-order valence-corrected chi connectivity index (χ3v) is 3.91. The molecule has 2 rings (SSSR count). The first-order valence-electron chi connectivity index (χ1n) is 7.48. The first-order chi connectivity index (χ1) is 9.76. The predicted molar refractivity (Wildman–Crippen MR) is 80.6 cm³/mol. The summed E-state index contributed by atoms with van der Waals surface area (Å²) in [7, 11) is 1.75. The number of halogens is 1. The molecule has 1 atom stereocenters. The van der Waals surface area contributed by atoms with Crippen molar-refractivity contribution in [2.75, 3.05) is 38.3 Å². The number of rotatable bonds is 6. The Kier molecular flexibility index (Phi) is 5.80. The molecule has 112 valence electrons. The van der Waals surface area contributed by atoms with E-state index in [1.165, 1.54) is 6.42 Å². The van der Waals surface area contributed by atoms with Gasteiger partial charge in [0.15, 0.2) is 0 Å². The van der Waals surface area contributed by atoms with E-state index >= 15 is 0 Å². The van der Waals surface area contributed by atoms with Crippen molar-refractivity contribution in [2.24, 2.45) is 5.92 Å². The first-order valence-corrected chi connectivity index (χ1v) is 7.48. The second-order valence-electron chi connectivity index (χ2n) is 5.43. The van der Waals surface area contributed by atoms with Crippen LogP contribution in [0.4, 0.5) is 10.1 Å². The average Bonchev–Trinajstić information content (AvgIpc) is 2.46. The van der Waals surface area contributed by atoms with Crippen molar-refractivity contribution in [1.82, 2.24) is 5.32 Å². The summed E-state index contributed by atoms with van der Waals surface area (Å²) < 4.78 is 19.4. The van der Waals surface area contributed by atoms with E-state index in [4.69, 9.17) is 4.74 Å². The van der Waals surface area contributed by atoms with Gasteiger partial charge in [0.05, 0.1) is 6.61 Å². The van der Waals surface area contributed by atoms with Gasteiger partial charge in [-0.05, 0) is 37.4 Å². The molecule has 1 unspecified atom stereocenters. The van der Waals surface area contributed by atoms with Crippen molar-refractivity contribution in [2.45, 2.75) is 26.3 Å². The van der Waals surface area contributed by atoms with Crippen LogP contribution in [0, 0.1) is 11.7 Å². The molecule has 1 heterocycles. The standard InChI is InChI=1S/C16H25FN2O/c1-3-18-10-14-15(17)7-4-8-16(14)19-9-5-6-13(11-19)12-20-2/h4,7-8,13,18H,3,5-6,9-12H2,1-2H3. The van der Waals surface area contributed by atoms with Crippen LogP contribution in [0.1, 0.15) is 25.3 Å². The summed E-state index contributed by atoms with van der Waals surface area (Å²) in [6.45, 7) is 6.22. The largest absolute Gasteiger partial charge is 0.384 e. The van der Waals surface area contributed by atoms with Gasteiger partial charge in [-0.15, -0.1) is 0 Å². The molecular formula is C16H25FN2O. The van der Waals surface area contributed by atoms with Gasteiger partial charge >= 0.3 is 0 Å². The lowest BCUT2D eigenvalue weighted by Gasteiger charge is -2.35. The van der Waals surface area contributed by atoms with Gasteiger partial charge in [0.25, 0.3) is 0 Å². The molecule has 1 aliphatic heterocycles. The minimum absolute atomic E-state index is 0.114. The number of methoxy groups -OCH3 is 1. The van der Waals surface area contributed by atoms with E-state index < -0.39 is 0 Å². The minimum atomic E-state index is -0.114. The zero-order chi connectivity index (χ0) is 14.4. The Morgan fingerprint density at radius 3 is 3.05 bits per heavy atom. The zero-order valence-electron chi connectivity index (χ0n) is 12.5. The number of nitrogens with zero attached hydrogens (tertiary/aromatic N) is 1. The molecule has 0 radical (unpaired) electrons. The molecule has 1 saturated heterocycles. The lowest BCUT2D eigenvalue weighted by molar-refractivity contribution is 0.143. The summed E-state index contributed by atoms with van der Waals surface area (Å²) in [5.74, 6) is 0.432. The molecule has 20 heavy (non-hydrogen) atoms. The van der Waals surface area contributed by atoms with E-state index in [2.05, 4.69) is 10.2 Å². The van der Waals surface area contributed by atoms with Gasteiger partial charge in [-0.2, -0.15) is 0 Å². The number of nitrogens with one attached hydrogen (secondary N) is 1. The third-order valence-electron chi connectivity index (χ3n) is 3.91. The van der Waals surface area contributed by atoms with Crippen LogP contribution in [0.3, 0.4) is 0 Å². The molecule has 1 fully saturated rings. The van der Waals surface area contributed by atoms with Crippen molar-refractivity contribution < 1.29 is 9.13 Å². The number of piperidine rings is 1. The second-order valence-corrected chi connectivity index (χ2v) is 5.43. The maximum Gasteiger partial charge on any atom is 0.129 e. The third kappa shape index (κ3) is 3.70. The van der Waals surface area contributed by atoms with Crippen LogP contribution in [0.2, 0.25) is 0 Å². The van der Waals surface area contributed by atoms with Gasteiger partial charge in [-0.1, -0.05) is 13.0 Å². The molecular weight excluding hydrogens is 255 g/mol. The van der Waals surface area contributed by atoms with Crippen LogP contribution in [-0.4, -0.2) is 33.4 Å². The maximum atomic E-state index is 14.1. The Labute approximate surface area is 121 Å². The lowest BCUT2D eigenvalue weighted by atomic mass is 9.97. The number of ether oxygens (including phenoxy) is 1. The van der Waals surface area contributed by atoms with Crippen LogP contribution in [0.25, 0.3) is 0 Å². The first kappa shape index (κ1) is 15.3. The quantitative estimate of drug-likeness (QED) is 0.867. The molecule has 0 saturated carbocycles. The van der Waals surface area contributed by atoms with E-state index in [9.17, 15) is 4.39 Å². The summed E-state index contributed by atoms with van der Waals surface area (Å²) in [5, 5.41) is 3.23. The molecule has 0 bridgehead atoms. The van der Waals surface area contributed by atoms with Gasteiger partial charge in [-0.3, -0.25) is 0 Å². The summed E-state index contributed by atoms with van der Waals surface area (Å²) in [6, 6.07) is 5.39. The highest BCUT2D eigenvalue weighted by Gasteiger charge is 2.22. The summed E-state index contributed by atoms with van der Waals surface area (Å²) in [5.41, 5.74) is 1.82. The normalized spacial score (nSPS) is 19.4. The van der Waals surface area contributed by atoms with Crippen LogP contribution >= 0.6 is 0 Å². The monoisotopic (exact) mass is 280 g/mol. The maximum absolute atomic E-state index is 14.1. The Balaban J connectivity index is 2.16. The second kappa shape index (κ2) is 7.60. The lowest BCUT2D eigenvalue weighted by Crippen LogP contribution is -2.38. The van der Waals surface area contributed by atoms with Crippen LogP contribution in [-0.2, 0) is 11.3 Å². The number of benzene rings is 1. The molecule has 3 nitrogen and oxygen atoms in total. The highest BCUT2D eigenvalue weighted by Crippen LogP contribution is 2.28. The Bertz CT molecular complexity index is 423. The van der Waals surface area contributed by atoms with Crippen LogP contribution in [0.5, 0.6) is 0 Å². The molecule has 0 aliphatic carbocycles. The smallest absolute Gasteiger partial charge is 0.129 e. The Hall–Kier alpha value is -1.13. The SMILES string of the molecule is CCNCc1c(F)cccc1N1CCCC(COC)C1. The number of hydrogen-bond donors (Lipinski definition) is 1. The molecule has 1 aromatic rings. The highest BCUT2D eigenvalue weighted by molar-refractivity contribution is 5.54. The summed E-state index contributed by atoms with van der Waals surface area (Å²) in [6.07, 6.45) is 2.34. The predicted octanol–water partition coefficient (Wildman–Crippen LogP) is 2.80. The van der Waals surface area contributed by atoms with Crippen LogP contribution < -0.4 is 10.2 Å². The van der Waals surface area contributed by atoms with E-state index in [-0.39, 0.29) is 5.82 Å². The van der Waals surface area contributed by atoms with Gasteiger partial charge < -0.3 is 15.0 Å². The zero-order valence-corrected chi connectivity index (χ0v) is 12.5. The van der Waals surface area contributed by atoms with Gasteiger partial charge in [-0.25, -0.2) is 4.39 Å². The summed E-state index contributed by atoms with van der Waals surface area (Å²) >= 11 is 0. The van der Waals surface area contributed by atoms with E-state index in [0.29, 0.717) is 12.5 Å². The molecule has 0 spiro atoms. The Morgan fingerprint density at radius 2 is 2.30 bits per heavy atom. The molecule has 1 aliphatic rings. The van der Waals surface area contributed by atoms with Crippen molar-refractivity contribution >= 4 is 5.69 Å². The van der Waals surface area contributed by atoms with Crippen molar-refractivity contribution in [3.8, 4) is 0 Å². The van der Waals surface area contributed by atoms with E-state index in [1.54, 1.807) is 19.2 Å². The van der Waals surface area contributed by atoms with E-state index in [0.717, 1.165) is 43.9 Å². The fourth-order valence-electron chi connectivity index (χ4n) is 2.92. The molecule has 1 aromatic carbocycles. The molecule has 4 heteroatoms. The topological polar surface area (TPSA) is 24.5 Å². The highest BCUT2D eigenvalue weighted by atomic mass is 19.1. The van der Waals surface area contributed by atoms with Gasteiger partial charge in [0.2, 0.25) is 0 Å². The fourth-order valence-corrected chi connectivity index (χ4v) is 2.92. The Morgan fingerprint density at radius 1 is 1.45 bits per heavy atom. The molecule has 0 aromatic heterocycles. The van der Waals surface area contributed by atoms with Crippen molar-refractivity contribution in [3.63, 3.8) is 0 Å². The molecule has 1 N–H and O–H groups in total.